The monoisotopic (exact) mass is 229 g/mol. The van der Waals surface area contributed by atoms with Crippen LogP contribution in [0.25, 0.3) is 5.82 Å². The molecule has 0 amide bonds. The summed E-state index contributed by atoms with van der Waals surface area (Å²) in [6.07, 6.45) is 1.59. The van der Waals surface area contributed by atoms with Gasteiger partial charge in [0.15, 0.2) is 11.6 Å². The van der Waals surface area contributed by atoms with Crippen molar-refractivity contribution in [2.45, 2.75) is 27.7 Å². The van der Waals surface area contributed by atoms with Gasteiger partial charge in [-0.2, -0.15) is 5.10 Å². The van der Waals surface area contributed by atoms with E-state index in [4.69, 9.17) is 0 Å². The number of carbonyl (C=O) groups excluding carboxylic acids is 1. The summed E-state index contributed by atoms with van der Waals surface area (Å²) in [7, 11) is 0. The van der Waals surface area contributed by atoms with E-state index in [2.05, 4.69) is 10.1 Å². The minimum Gasteiger partial charge on any atom is -0.294 e. The Morgan fingerprint density at radius 1 is 1.24 bits per heavy atom. The molecule has 17 heavy (non-hydrogen) atoms. The first-order valence-corrected chi connectivity index (χ1v) is 5.51. The maximum atomic E-state index is 11.2. The molecular formula is C13H15N3O. The van der Waals surface area contributed by atoms with Crippen molar-refractivity contribution >= 4 is 5.78 Å². The van der Waals surface area contributed by atoms with Crippen LogP contribution >= 0.6 is 0 Å². The van der Waals surface area contributed by atoms with Crippen molar-refractivity contribution in [2.24, 2.45) is 0 Å². The molecular weight excluding hydrogens is 214 g/mol. The molecule has 2 heterocycles. The molecule has 4 heteroatoms. The van der Waals surface area contributed by atoms with Crippen LogP contribution in [0.2, 0.25) is 0 Å². The topological polar surface area (TPSA) is 47.8 Å². The molecule has 0 aliphatic rings. The van der Waals surface area contributed by atoms with E-state index in [1.165, 1.54) is 12.5 Å². The number of aryl methyl sites for hydroxylation is 1. The molecule has 0 saturated carbocycles. The smallest absolute Gasteiger partial charge is 0.161 e. The zero-order chi connectivity index (χ0) is 12.6. The predicted octanol–water partition coefficient (Wildman–Crippen LogP) is 2.40. The van der Waals surface area contributed by atoms with Crippen molar-refractivity contribution in [3.8, 4) is 5.82 Å². The van der Waals surface area contributed by atoms with Gasteiger partial charge in [-0.3, -0.25) is 4.79 Å². The molecule has 0 N–H and O–H groups in total. The van der Waals surface area contributed by atoms with Crippen LogP contribution in [0.5, 0.6) is 0 Å². The molecule has 0 aromatic carbocycles. The molecule has 2 aromatic heterocycles. The molecule has 2 aromatic rings. The number of rotatable bonds is 2. The predicted molar refractivity (Wildman–Crippen MR) is 65.6 cm³/mol. The maximum absolute atomic E-state index is 11.2. The summed E-state index contributed by atoms with van der Waals surface area (Å²) in [4.78, 5) is 15.4. The average Bonchev–Trinajstić information content (AvgIpc) is 2.57. The zero-order valence-electron chi connectivity index (χ0n) is 10.5. The van der Waals surface area contributed by atoms with Gasteiger partial charge in [0, 0.05) is 17.5 Å². The fraction of sp³-hybridized carbons (Fsp3) is 0.308. The summed E-state index contributed by atoms with van der Waals surface area (Å²) >= 11 is 0. The van der Waals surface area contributed by atoms with E-state index in [9.17, 15) is 4.79 Å². The van der Waals surface area contributed by atoms with E-state index in [-0.39, 0.29) is 5.78 Å². The highest BCUT2D eigenvalue weighted by molar-refractivity contribution is 5.93. The number of hydrogen-bond acceptors (Lipinski definition) is 3. The average molecular weight is 229 g/mol. The Bertz CT molecular complexity index is 567. The highest BCUT2D eigenvalue weighted by Crippen LogP contribution is 2.15. The summed E-state index contributed by atoms with van der Waals surface area (Å²) in [5, 5.41) is 4.42. The van der Waals surface area contributed by atoms with Crippen LogP contribution in [0.4, 0.5) is 0 Å². The van der Waals surface area contributed by atoms with E-state index < -0.39 is 0 Å². The highest BCUT2D eigenvalue weighted by atomic mass is 16.1. The summed E-state index contributed by atoms with van der Waals surface area (Å²) in [6.45, 7) is 7.56. The number of aromatic nitrogens is 3. The van der Waals surface area contributed by atoms with Gasteiger partial charge in [-0.25, -0.2) is 9.67 Å². The quantitative estimate of drug-likeness (QED) is 0.743. The fourth-order valence-corrected chi connectivity index (χ4v) is 1.66. The maximum Gasteiger partial charge on any atom is 0.161 e. The SMILES string of the molecule is CC(=O)c1ccc(-n2nc(C)c(C)c2C)nc1. The molecule has 0 aliphatic carbocycles. The lowest BCUT2D eigenvalue weighted by molar-refractivity contribution is 0.101. The van der Waals surface area contributed by atoms with Gasteiger partial charge in [0.25, 0.3) is 0 Å². The summed E-state index contributed by atoms with van der Waals surface area (Å²) in [5.74, 6) is 0.761. The van der Waals surface area contributed by atoms with Crippen molar-refractivity contribution in [1.29, 1.82) is 0 Å². The van der Waals surface area contributed by atoms with Crippen LogP contribution in [0.1, 0.15) is 34.2 Å². The van der Waals surface area contributed by atoms with Crippen LogP contribution in [0, 0.1) is 20.8 Å². The van der Waals surface area contributed by atoms with Gasteiger partial charge >= 0.3 is 0 Å². The molecule has 0 bridgehead atoms. The highest BCUT2D eigenvalue weighted by Gasteiger charge is 2.10. The summed E-state index contributed by atoms with van der Waals surface area (Å²) < 4.78 is 1.80. The first kappa shape index (κ1) is 11.5. The fourth-order valence-electron chi connectivity index (χ4n) is 1.66. The number of pyridine rings is 1. The Kier molecular flexibility index (Phi) is 2.79. The molecule has 2 rings (SSSR count). The van der Waals surface area contributed by atoms with Gasteiger partial charge < -0.3 is 0 Å². The largest absolute Gasteiger partial charge is 0.294 e. The van der Waals surface area contributed by atoms with Crippen molar-refractivity contribution in [2.75, 3.05) is 0 Å². The Balaban J connectivity index is 2.47. The molecule has 0 spiro atoms. The van der Waals surface area contributed by atoms with Gasteiger partial charge in [0.1, 0.15) is 0 Å². The van der Waals surface area contributed by atoms with Gasteiger partial charge in [-0.05, 0) is 45.4 Å². The Morgan fingerprint density at radius 3 is 2.35 bits per heavy atom. The second-order valence-corrected chi connectivity index (χ2v) is 4.17. The standard InChI is InChI=1S/C13H15N3O/c1-8-9(2)15-16(10(8)3)13-6-5-12(7-14-13)11(4)17/h5-7H,1-4H3. The molecule has 0 aliphatic heterocycles. The third kappa shape index (κ3) is 1.98. The number of carbonyl (C=O) groups is 1. The van der Waals surface area contributed by atoms with Gasteiger partial charge in [0.05, 0.1) is 5.69 Å². The second kappa shape index (κ2) is 4.13. The minimum absolute atomic E-state index is 0.0219. The molecule has 0 atom stereocenters. The number of nitrogens with zero attached hydrogens (tertiary/aromatic N) is 3. The molecule has 4 nitrogen and oxygen atoms in total. The van der Waals surface area contributed by atoms with Crippen molar-refractivity contribution in [3.05, 3.63) is 40.8 Å². The van der Waals surface area contributed by atoms with Gasteiger partial charge in [-0.15, -0.1) is 0 Å². The lowest BCUT2D eigenvalue weighted by Gasteiger charge is -2.03. The minimum atomic E-state index is 0.0219. The molecule has 0 fully saturated rings. The summed E-state index contributed by atoms with van der Waals surface area (Å²) in [5.41, 5.74) is 3.86. The number of Topliss-reactive ketones (excluding diaryl/α,β-unsaturated/α-hetero) is 1. The van der Waals surface area contributed by atoms with Crippen LogP contribution in [-0.2, 0) is 0 Å². The van der Waals surface area contributed by atoms with E-state index in [1.54, 1.807) is 16.9 Å². The number of ketones is 1. The zero-order valence-corrected chi connectivity index (χ0v) is 10.5. The van der Waals surface area contributed by atoms with E-state index in [0.29, 0.717) is 5.56 Å². The normalized spacial score (nSPS) is 10.6. The Morgan fingerprint density at radius 2 is 1.94 bits per heavy atom. The molecule has 0 saturated heterocycles. The van der Waals surface area contributed by atoms with E-state index in [0.717, 1.165) is 17.2 Å². The lowest BCUT2D eigenvalue weighted by Crippen LogP contribution is -2.03. The van der Waals surface area contributed by atoms with Gasteiger partial charge in [0.2, 0.25) is 0 Å². The van der Waals surface area contributed by atoms with Gasteiger partial charge in [-0.1, -0.05) is 0 Å². The molecule has 0 unspecified atom stereocenters. The first-order chi connectivity index (χ1) is 8.00. The second-order valence-electron chi connectivity index (χ2n) is 4.17. The first-order valence-electron chi connectivity index (χ1n) is 5.51. The van der Waals surface area contributed by atoms with Crippen LogP contribution in [0.3, 0.4) is 0 Å². The van der Waals surface area contributed by atoms with Crippen LogP contribution in [0.15, 0.2) is 18.3 Å². The van der Waals surface area contributed by atoms with Crippen molar-refractivity contribution < 1.29 is 4.79 Å². The third-order valence-electron chi connectivity index (χ3n) is 3.02. The molecule has 0 radical (unpaired) electrons. The van der Waals surface area contributed by atoms with Crippen molar-refractivity contribution in [1.82, 2.24) is 14.8 Å². The molecule has 88 valence electrons. The number of hydrogen-bond donors (Lipinski definition) is 0. The van der Waals surface area contributed by atoms with Crippen molar-refractivity contribution in [3.63, 3.8) is 0 Å². The van der Waals surface area contributed by atoms with E-state index >= 15 is 0 Å². The van der Waals surface area contributed by atoms with Crippen LogP contribution in [-0.4, -0.2) is 20.5 Å². The van der Waals surface area contributed by atoms with Crippen LogP contribution < -0.4 is 0 Å². The lowest BCUT2D eigenvalue weighted by atomic mass is 10.2. The summed E-state index contributed by atoms with van der Waals surface area (Å²) in [6, 6.07) is 3.59. The van der Waals surface area contributed by atoms with E-state index in [1.807, 2.05) is 26.8 Å². The third-order valence-corrected chi connectivity index (χ3v) is 3.02. The Hall–Kier alpha value is -1.97. The Labute approximate surface area is 100 Å².